The van der Waals surface area contributed by atoms with Gasteiger partial charge in [0.1, 0.15) is 6.54 Å². The van der Waals surface area contributed by atoms with Crippen LogP contribution in [-0.2, 0) is 26.2 Å². The molecule has 27 heavy (non-hydrogen) atoms. The molecule has 0 unspecified atom stereocenters. The van der Waals surface area contributed by atoms with Crippen LogP contribution in [0, 0.1) is 0 Å². The van der Waals surface area contributed by atoms with Crippen LogP contribution in [0.15, 0.2) is 29.1 Å². The predicted molar refractivity (Wildman–Crippen MR) is 99.9 cm³/mol. The monoisotopic (exact) mass is 394 g/mol. The van der Waals surface area contributed by atoms with Crippen molar-refractivity contribution in [2.75, 3.05) is 31.9 Å². The molecule has 1 aliphatic heterocycles. The average molecular weight is 394 g/mol. The highest BCUT2D eigenvalue weighted by Gasteiger charge is 2.26. The first-order chi connectivity index (χ1) is 12.8. The summed E-state index contributed by atoms with van der Waals surface area (Å²) in [5.74, 6) is -0.537. The summed E-state index contributed by atoms with van der Waals surface area (Å²) in [5, 5.41) is 0. The smallest absolute Gasteiger partial charge is 0.339 e. The second-order valence-corrected chi connectivity index (χ2v) is 8.52. The number of imidazole rings is 1. The molecule has 2 aromatic rings. The number of nitrogens with zero attached hydrogens (tertiary/aromatic N) is 4. The van der Waals surface area contributed by atoms with E-state index in [9.17, 15) is 22.8 Å². The van der Waals surface area contributed by atoms with Gasteiger partial charge in [-0.05, 0) is 19.1 Å². The largest absolute Gasteiger partial charge is 0.343 e. The number of benzene rings is 1. The third-order valence-electron chi connectivity index (χ3n) is 4.81. The van der Waals surface area contributed by atoms with Crippen LogP contribution in [0.25, 0.3) is 11.0 Å². The minimum atomic E-state index is -3.80. The lowest BCUT2D eigenvalue weighted by molar-refractivity contribution is -0.138. The van der Waals surface area contributed by atoms with Crippen molar-refractivity contribution in [1.82, 2.24) is 18.3 Å². The number of carbonyl (C=O) groups is 2. The topological polar surface area (TPSA) is 102 Å². The van der Waals surface area contributed by atoms with Gasteiger partial charge in [-0.2, -0.15) is 3.97 Å². The summed E-state index contributed by atoms with van der Waals surface area (Å²) in [6, 6.07) is 6.52. The summed E-state index contributed by atoms with van der Waals surface area (Å²) in [6.07, 6.45) is 0. The van der Waals surface area contributed by atoms with E-state index >= 15 is 0 Å². The van der Waals surface area contributed by atoms with E-state index in [0.717, 1.165) is 3.97 Å². The molecule has 1 aromatic carbocycles. The molecule has 0 spiro atoms. The van der Waals surface area contributed by atoms with Crippen LogP contribution in [0.5, 0.6) is 0 Å². The molecule has 0 radical (unpaired) electrons. The second kappa shape index (κ2) is 7.18. The minimum absolute atomic E-state index is 0.0360. The third kappa shape index (κ3) is 3.48. The fourth-order valence-electron chi connectivity index (χ4n) is 3.24. The van der Waals surface area contributed by atoms with Crippen LogP contribution < -0.4 is 5.69 Å². The SMILES string of the molecule is CCS(=O)(=O)n1c(=O)n(CC(=O)N2CCN(C(C)=O)CC2)c2ccccc21. The standard InChI is InChI=1S/C17H22N4O5S/c1-3-27(25,26)21-15-7-5-4-6-14(15)20(17(21)24)12-16(23)19-10-8-18(9-11-19)13(2)22/h4-7H,3,8-12H2,1-2H3. The summed E-state index contributed by atoms with van der Waals surface area (Å²) in [4.78, 5) is 40.1. The van der Waals surface area contributed by atoms with Crippen LogP contribution in [0.4, 0.5) is 0 Å². The summed E-state index contributed by atoms with van der Waals surface area (Å²) >= 11 is 0. The Hall–Kier alpha value is -2.62. The molecule has 0 N–H and O–H groups in total. The number of carbonyl (C=O) groups excluding carboxylic acids is 2. The van der Waals surface area contributed by atoms with Gasteiger partial charge in [0.15, 0.2) is 0 Å². The lowest BCUT2D eigenvalue weighted by Crippen LogP contribution is -2.51. The van der Waals surface area contributed by atoms with Gasteiger partial charge in [-0.3, -0.25) is 14.2 Å². The molecule has 1 aromatic heterocycles. The number of hydrogen-bond acceptors (Lipinski definition) is 5. The van der Waals surface area contributed by atoms with E-state index in [4.69, 9.17) is 0 Å². The van der Waals surface area contributed by atoms with Crippen molar-refractivity contribution in [3.8, 4) is 0 Å². The van der Waals surface area contributed by atoms with Gasteiger partial charge in [0.25, 0.3) is 0 Å². The lowest BCUT2D eigenvalue weighted by Gasteiger charge is -2.34. The molecular formula is C17H22N4O5S. The highest BCUT2D eigenvalue weighted by Crippen LogP contribution is 2.15. The zero-order chi connectivity index (χ0) is 19.8. The fourth-order valence-corrected chi connectivity index (χ4v) is 4.29. The number of hydrogen-bond donors (Lipinski definition) is 0. The molecule has 2 amide bonds. The number of para-hydroxylation sites is 2. The van der Waals surface area contributed by atoms with Crippen molar-refractivity contribution < 1.29 is 18.0 Å². The lowest BCUT2D eigenvalue weighted by atomic mass is 10.3. The molecule has 0 aliphatic carbocycles. The normalized spacial score (nSPS) is 15.3. The molecule has 3 rings (SSSR count). The summed E-state index contributed by atoms with van der Waals surface area (Å²) in [5.41, 5.74) is -0.0810. The Bertz CT molecular complexity index is 1040. The molecule has 0 bridgehead atoms. The highest BCUT2D eigenvalue weighted by atomic mass is 32.2. The van der Waals surface area contributed by atoms with Crippen molar-refractivity contribution in [1.29, 1.82) is 0 Å². The third-order valence-corrected chi connectivity index (χ3v) is 6.45. The van der Waals surface area contributed by atoms with Gasteiger partial charge >= 0.3 is 5.69 Å². The summed E-state index contributed by atoms with van der Waals surface area (Å²) in [7, 11) is -3.80. The van der Waals surface area contributed by atoms with Gasteiger partial charge in [0.2, 0.25) is 21.8 Å². The van der Waals surface area contributed by atoms with E-state index in [2.05, 4.69) is 0 Å². The van der Waals surface area contributed by atoms with Crippen molar-refractivity contribution in [2.45, 2.75) is 20.4 Å². The maximum Gasteiger partial charge on any atom is 0.343 e. The molecule has 0 atom stereocenters. The van der Waals surface area contributed by atoms with Gasteiger partial charge in [0.05, 0.1) is 16.8 Å². The zero-order valence-electron chi connectivity index (χ0n) is 15.3. The van der Waals surface area contributed by atoms with Gasteiger partial charge in [0, 0.05) is 33.1 Å². The van der Waals surface area contributed by atoms with E-state index in [0.29, 0.717) is 31.7 Å². The van der Waals surface area contributed by atoms with Crippen molar-refractivity contribution >= 4 is 32.9 Å². The molecule has 9 nitrogen and oxygen atoms in total. The minimum Gasteiger partial charge on any atom is -0.339 e. The second-order valence-electron chi connectivity index (χ2n) is 6.41. The van der Waals surface area contributed by atoms with E-state index in [1.54, 1.807) is 34.1 Å². The van der Waals surface area contributed by atoms with Crippen molar-refractivity contribution in [3.05, 3.63) is 34.7 Å². The number of piperazine rings is 1. The summed E-state index contributed by atoms with van der Waals surface area (Å²) < 4.78 is 26.7. The molecule has 10 heteroatoms. The predicted octanol–water partition coefficient (Wildman–Crippen LogP) is -0.308. The first kappa shape index (κ1) is 19.2. The fraction of sp³-hybridized carbons (Fsp3) is 0.471. The van der Waals surface area contributed by atoms with Gasteiger partial charge in [-0.1, -0.05) is 12.1 Å². The quantitative estimate of drug-likeness (QED) is 0.708. The number of rotatable bonds is 4. The van der Waals surface area contributed by atoms with Crippen LogP contribution in [0.3, 0.4) is 0 Å². The van der Waals surface area contributed by atoms with Gasteiger partial charge in [-0.25, -0.2) is 13.2 Å². The number of aromatic nitrogens is 2. The molecule has 2 heterocycles. The number of amides is 2. The molecule has 1 aliphatic rings. The van der Waals surface area contributed by atoms with Crippen LogP contribution in [0.1, 0.15) is 13.8 Å². The Morgan fingerprint density at radius 3 is 2.11 bits per heavy atom. The van der Waals surface area contributed by atoms with E-state index in [1.165, 1.54) is 18.4 Å². The Morgan fingerprint density at radius 2 is 1.56 bits per heavy atom. The van der Waals surface area contributed by atoms with E-state index < -0.39 is 15.7 Å². The van der Waals surface area contributed by atoms with E-state index in [-0.39, 0.29) is 29.6 Å². The molecule has 146 valence electrons. The van der Waals surface area contributed by atoms with Crippen LogP contribution >= 0.6 is 0 Å². The first-order valence-electron chi connectivity index (χ1n) is 8.73. The Labute approximate surface area is 156 Å². The van der Waals surface area contributed by atoms with Crippen LogP contribution in [-0.4, -0.2) is 70.5 Å². The van der Waals surface area contributed by atoms with Crippen molar-refractivity contribution in [3.63, 3.8) is 0 Å². The van der Waals surface area contributed by atoms with Gasteiger partial charge in [-0.15, -0.1) is 0 Å². The maximum atomic E-state index is 12.8. The highest BCUT2D eigenvalue weighted by molar-refractivity contribution is 7.90. The van der Waals surface area contributed by atoms with Crippen LogP contribution in [0.2, 0.25) is 0 Å². The number of fused-ring (bicyclic) bond motifs is 1. The van der Waals surface area contributed by atoms with Crippen molar-refractivity contribution in [2.24, 2.45) is 0 Å². The Balaban J connectivity index is 1.92. The molecular weight excluding hydrogens is 372 g/mol. The average Bonchev–Trinajstić information content (AvgIpc) is 2.94. The maximum absolute atomic E-state index is 12.8. The molecule has 1 fully saturated rings. The first-order valence-corrected chi connectivity index (χ1v) is 10.3. The molecule has 0 saturated carbocycles. The Kier molecular flexibility index (Phi) is 5.09. The van der Waals surface area contributed by atoms with Gasteiger partial charge < -0.3 is 9.80 Å². The van der Waals surface area contributed by atoms with E-state index in [1.807, 2.05) is 0 Å². The zero-order valence-corrected chi connectivity index (χ0v) is 16.1. The Morgan fingerprint density at radius 1 is 1.00 bits per heavy atom. The summed E-state index contributed by atoms with van der Waals surface area (Å²) in [6.45, 7) is 4.38. The molecule has 1 saturated heterocycles.